The van der Waals surface area contributed by atoms with E-state index in [9.17, 15) is 9.59 Å². The van der Waals surface area contributed by atoms with Crippen LogP contribution in [0.4, 0.5) is 0 Å². The SMILES string of the molecule is Cl.O=C1CC(C(=O)NCC[C@H]2CCCN2)CN1. The predicted molar refractivity (Wildman–Crippen MR) is 67.0 cm³/mol. The highest BCUT2D eigenvalue weighted by molar-refractivity contribution is 5.89. The lowest BCUT2D eigenvalue weighted by atomic mass is 10.1. The lowest BCUT2D eigenvalue weighted by molar-refractivity contribution is -0.126. The van der Waals surface area contributed by atoms with E-state index in [1.54, 1.807) is 0 Å². The number of carbonyl (C=O) groups is 2. The van der Waals surface area contributed by atoms with Crippen LogP contribution < -0.4 is 16.0 Å². The topological polar surface area (TPSA) is 70.2 Å². The molecule has 0 aliphatic carbocycles. The monoisotopic (exact) mass is 261 g/mol. The second-order valence-electron chi connectivity index (χ2n) is 4.58. The van der Waals surface area contributed by atoms with Crippen LogP contribution in [0.5, 0.6) is 0 Å². The molecule has 6 heteroatoms. The largest absolute Gasteiger partial charge is 0.356 e. The van der Waals surface area contributed by atoms with Gasteiger partial charge >= 0.3 is 0 Å². The van der Waals surface area contributed by atoms with Crippen molar-refractivity contribution in [3.63, 3.8) is 0 Å². The van der Waals surface area contributed by atoms with Gasteiger partial charge in [0.2, 0.25) is 11.8 Å². The van der Waals surface area contributed by atoms with Gasteiger partial charge in [-0.1, -0.05) is 0 Å². The molecule has 0 aromatic carbocycles. The molecule has 2 amide bonds. The van der Waals surface area contributed by atoms with Gasteiger partial charge in [-0.05, 0) is 25.8 Å². The van der Waals surface area contributed by atoms with Crippen molar-refractivity contribution < 1.29 is 9.59 Å². The van der Waals surface area contributed by atoms with Crippen LogP contribution in [0.15, 0.2) is 0 Å². The van der Waals surface area contributed by atoms with E-state index in [1.807, 2.05) is 0 Å². The summed E-state index contributed by atoms with van der Waals surface area (Å²) in [6, 6.07) is 0.559. The second-order valence-corrected chi connectivity index (χ2v) is 4.58. The Morgan fingerprint density at radius 2 is 2.29 bits per heavy atom. The summed E-state index contributed by atoms with van der Waals surface area (Å²) in [5.74, 6) is -0.169. The molecule has 2 saturated heterocycles. The van der Waals surface area contributed by atoms with Crippen molar-refractivity contribution in [2.45, 2.75) is 31.7 Å². The van der Waals surface area contributed by atoms with Gasteiger partial charge in [0.25, 0.3) is 0 Å². The van der Waals surface area contributed by atoms with Gasteiger partial charge in [-0.15, -0.1) is 12.4 Å². The summed E-state index contributed by atoms with van der Waals surface area (Å²) in [4.78, 5) is 22.6. The smallest absolute Gasteiger partial charge is 0.225 e. The fourth-order valence-corrected chi connectivity index (χ4v) is 2.31. The minimum Gasteiger partial charge on any atom is -0.356 e. The first-order chi connectivity index (χ1) is 7.75. The van der Waals surface area contributed by atoms with Crippen LogP contribution in [0.1, 0.15) is 25.7 Å². The van der Waals surface area contributed by atoms with Crippen molar-refractivity contribution in [3.05, 3.63) is 0 Å². The Bertz CT molecular complexity index is 280. The maximum absolute atomic E-state index is 11.6. The molecule has 0 spiro atoms. The molecule has 0 aromatic rings. The molecule has 2 atom stereocenters. The number of hydrogen-bond acceptors (Lipinski definition) is 3. The maximum atomic E-state index is 11.6. The van der Waals surface area contributed by atoms with Gasteiger partial charge in [0, 0.05) is 25.6 Å². The molecule has 2 heterocycles. The highest BCUT2D eigenvalue weighted by atomic mass is 35.5. The van der Waals surface area contributed by atoms with Gasteiger partial charge < -0.3 is 16.0 Å². The van der Waals surface area contributed by atoms with Crippen LogP contribution >= 0.6 is 12.4 Å². The Morgan fingerprint density at radius 1 is 1.47 bits per heavy atom. The van der Waals surface area contributed by atoms with Crippen molar-refractivity contribution in [1.82, 2.24) is 16.0 Å². The molecule has 0 saturated carbocycles. The first-order valence-electron chi connectivity index (χ1n) is 6.03. The van der Waals surface area contributed by atoms with E-state index >= 15 is 0 Å². The lowest BCUT2D eigenvalue weighted by Gasteiger charge is -2.12. The summed E-state index contributed by atoms with van der Waals surface area (Å²) < 4.78 is 0. The molecule has 0 aromatic heterocycles. The molecule has 0 bridgehead atoms. The Labute approximate surface area is 108 Å². The van der Waals surface area contributed by atoms with Gasteiger partial charge in [-0.2, -0.15) is 0 Å². The number of nitrogens with one attached hydrogen (secondary N) is 3. The Kier molecular flexibility index (Phi) is 5.71. The minimum absolute atomic E-state index is 0. The number of carbonyl (C=O) groups excluding carboxylic acids is 2. The molecule has 2 aliphatic rings. The van der Waals surface area contributed by atoms with Crippen molar-refractivity contribution in [2.24, 2.45) is 5.92 Å². The van der Waals surface area contributed by atoms with Crippen LogP contribution in [-0.2, 0) is 9.59 Å². The van der Waals surface area contributed by atoms with Crippen molar-refractivity contribution in [1.29, 1.82) is 0 Å². The molecule has 2 aliphatic heterocycles. The fraction of sp³-hybridized carbons (Fsp3) is 0.818. The van der Waals surface area contributed by atoms with E-state index in [4.69, 9.17) is 0 Å². The molecular weight excluding hydrogens is 242 g/mol. The number of hydrogen-bond donors (Lipinski definition) is 3. The quantitative estimate of drug-likeness (QED) is 0.657. The van der Waals surface area contributed by atoms with E-state index in [-0.39, 0.29) is 30.1 Å². The van der Waals surface area contributed by atoms with E-state index in [0.717, 1.165) is 13.0 Å². The van der Waals surface area contributed by atoms with Crippen LogP contribution in [0, 0.1) is 5.92 Å². The molecule has 2 rings (SSSR count). The van der Waals surface area contributed by atoms with Gasteiger partial charge in [0.05, 0.1) is 5.92 Å². The van der Waals surface area contributed by atoms with Gasteiger partial charge in [0.15, 0.2) is 0 Å². The summed E-state index contributed by atoms with van der Waals surface area (Å²) >= 11 is 0. The normalized spacial score (nSPS) is 27.4. The molecule has 5 nitrogen and oxygen atoms in total. The minimum atomic E-state index is -0.163. The average Bonchev–Trinajstić information content (AvgIpc) is 2.89. The fourth-order valence-electron chi connectivity index (χ4n) is 2.31. The summed E-state index contributed by atoms with van der Waals surface area (Å²) in [6.45, 7) is 2.30. The third kappa shape index (κ3) is 4.16. The predicted octanol–water partition coefficient (Wildman–Crippen LogP) is -0.197. The molecular formula is C11H20ClN3O2. The molecule has 17 heavy (non-hydrogen) atoms. The third-order valence-corrected chi connectivity index (χ3v) is 3.30. The highest BCUT2D eigenvalue weighted by Crippen LogP contribution is 2.10. The molecule has 1 unspecified atom stereocenters. The number of halogens is 1. The van der Waals surface area contributed by atoms with E-state index in [1.165, 1.54) is 12.8 Å². The van der Waals surface area contributed by atoms with Crippen LogP contribution in [0.2, 0.25) is 0 Å². The number of rotatable bonds is 4. The number of amides is 2. The van der Waals surface area contributed by atoms with Crippen molar-refractivity contribution >= 4 is 24.2 Å². The Balaban J connectivity index is 0.00000144. The molecule has 2 fully saturated rings. The zero-order valence-electron chi connectivity index (χ0n) is 9.83. The molecule has 0 radical (unpaired) electrons. The van der Waals surface area contributed by atoms with Gasteiger partial charge in [-0.25, -0.2) is 0 Å². The van der Waals surface area contributed by atoms with E-state index in [2.05, 4.69) is 16.0 Å². The zero-order chi connectivity index (χ0) is 11.4. The lowest BCUT2D eigenvalue weighted by Crippen LogP contribution is -2.35. The first kappa shape index (κ1) is 14.3. The highest BCUT2D eigenvalue weighted by Gasteiger charge is 2.27. The van der Waals surface area contributed by atoms with Crippen molar-refractivity contribution in [3.8, 4) is 0 Å². The second kappa shape index (κ2) is 6.81. The van der Waals surface area contributed by atoms with Crippen LogP contribution in [0.25, 0.3) is 0 Å². The maximum Gasteiger partial charge on any atom is 0.225 e. The Hall–Kier alpha value is -0.810. The van der Waals surface area contributed by atoms with E-state index < -0.39 is 0 Å². The summed E-state index contributed by atoms with van der Waals surface area (Å²) in [7, 11) is 0. The molecule has 3 N–H and O–H groups in total. The third-order valence-electron chi connectivity index (χ3n) is 3.30. The van der Waals surface area contributed by atoms with Crippen molar-refractivity contribution in [2.75, 3.05) is 19.6 Å². The van der Waals surface area contributed by atoms with Crippen LogP contribution in [0.3, 0.4) is 0 Å². The zero-order valence-corrected chi connectivity index (χ0v) is 10.6. The summed E-state index contributed by atoms with van der Waals surface area (Å²) in [5.41, 5.74) is 0. The van der Waals surface area contributed by atoms with Gasteiger partial charge in [-0.3, -0.25) is 9.59 Å². The van der Waals surface area contributed by atoms with Crippen LogP contribution in [-0.4, -0.2) is 37.5 Å². The average molecular weight is 262 g/mol. The Morgan fingerprint density at radius 3 is 2.88 bits per heavy atom. The van der Waals surface area contributed by atoms with E-state index in [0.29, 0.717) is 25.6 Å². The summed E-state index contributed by atoms with van der Waals surface area (Å²) in [6.07, 6.45) is 3.77. The standard InChI is InChI=1S/C11H19N3O2.ClH/c15-10-6-8(7-14-10)11(16)13-5-3-9-2-1-4-12-9;/h8-9,12H,1-7H2,(H,13,16)(H,14,15);1H/t8?,9-;/m1./s1. The first-order valence-corrected chi connectivity index (χ1v) is 6.03. The molecule has 98 valence electrons. The van der Waals surface area contributed by atoms with Gasteiger partial charge in [0.1, 0.15) is 0 Å². The summed E-state index contributed by atoms with van der Waals surface area (Å²) in [5, 5.41) is 8.96.